The molecule has 0 atom stereocenters. The van der Waals surface area contributed by atoms with Gasteiger partial charge in [-0.2, -0.15) is 0 Å². The molecule has 0 unspecified atom stereocenters. The minimum Gasteiger partial charge on any atom is -0.384 e. The van der Waals surface area contributed by atoms with Crippen LogP contribution in [0.3, 0.4) is 0 Å². The molecule has 2 fully saturated rings. The number of nitrogens with zero attached hydrogens (tertiary/aromatic N) is 4. The molecule has 0 saturated carbocycles. The smallest absolute Gasteiger partial charge is 0.0805 e. The van der Waals surface area contributed by atoms with Crippen LogP contribution in [0.2, 0.25) is 0 Å². The second-order valence-electron chi connectivity index (χ2n) is 11.1. The number of hydrogen-bond acceptors (Lipinski definition) is 8. The molecule has 4 heterocycles. The van der Waals surface area contributed by atoms with Crippen molar-refractivity contribution in [2.75, 3.05) is 89.4 Å². The minimum atomic E-state index is 0. The van der Waals surface area contributed by atoms with Gasteiger partial charge in [-0.1, -0.05) is 24.3 Å². The summed E-state index contributed by atoms with van der Waals surface area (Å²) >= 11 is 0. The molecule has 2 aromatic carbocycles. The summed E-state index contributed by atoms with van der Waals surface area (Å²) in [6, 6.07) is 13.2. The molecule has 0 aliphatic carbocycles. The van der Waals surface area contributed by atoms with Crippen LogP contribution in [0.5, 0.6) is 0 Å². The third kappa shape index (κ3) is 9.10. The van der Waals surface area contributed by atoms with Gasteiger partial charge in [-0.25, -0.2) is 0 Å². The summed E-state index contributed by atoms with van der Waals surface area (Å²) in [6.07, 6.45) is 2.21. The van der Waals surface area contributed by atoms with E-state index in [-0.39, 0.29) is 49.6 Å². The van der Waals surface area contributed by atoms with Crippen molar-refractivity contribution < 1.29 is 9.47 Å². The highest BCUT2D eigenvalue weighted by atomic mass is 35.5. The first-order chi connectivity index (χ1) is 19.7. The van der Waals surface area contributed by atoms with E-state index in [0.717, 1.165) is 147 Å². The molecule has 0 spiro atoms. The van der Waals surface area contributed by atoms with Crippen LogP contribution in [0.4, 0.5) is 11.4 Å². The Labute approximate surface area is 285 Å². The number of ether oxygens (including phenoxy) is 2. The Morgan fingerprint density at radius 3 is 1.34 bits per heavy atom. The number of fused-ring (bicyclic) bond motifs is 5. The Kier molecular flexibility index (Phi) is 15.9. The van der Waals surface area contributed by atoms with Crippen LogP contribution in [0.1, 0.15) is 24.2 Å². The monoisotopic (exact) mass is 686 g/mol. The Hall–Kier alpha value is -1.88. The fraction of sp³-hybridized carbons (Fsp3) is 0.500. The van der Waals surface area contributed by atoms with Crippen LogP contribution in [-0.4, -0.2) is 98.6 Å². The van der Waals surface area contributed by atoms with Gasteiger partial charge in [0.05, 0.1) is 37.5 Å². The zero-order valence-corrected chi connectivity index (χ0v) is 28.9. The van der Waals surface area contributed by atoms with Crippen LogP contribution in [0.25, 0.3) is 32.6 Å². The lowest BCUT2D eigenvalue weighted by atomic mass is 10.0. The molecule has 0 radical (unpaired) electrons. The van der Waals surface area contributed by atoms with Crippen LogP contribution in [-0.2, 0) is 9.47 Å². The summed E-state index contributed by atoms with van der Waals surface area (Å²) in [5, 5.41) is 12.1. The number of morpholine rings is 2. The summed E-state index contributed by atoms with van der Waals surface area (Å²) in [5.74, 6) is 0. The average Bonchev–Trinajstić information content (AvgIpc) is 2.98. The Balaban J connectivity index is 0.00000169. The summed E-state index contributed by atoms with van der Waals surface area (Å²) < 4.78 is 11.0. The lowest BCUT2D eigenvalue weighted by Crippen LogP contribution is -2.37. The third-order valence-electron chi connectivity index (χ3n) is 8.15. The van der Waals surface area contributed by atoms with Crippen LogP contribution < -0.4 is 10.6 Å². The molecule has 0 amide bonds. The number of rotatable bonds is 10. The van der Waals surface area contributed by atoms with Crippen LogP contribution in [0, 0.1) is 13.8 Å². The summed E-state index contributed by atoms with van der Waals surface area (Å²) in [4.78, 5) is 15.0. The van der Waals surface area contributed by atoms with E-state index in [1.807, 2.05) is 0 Å². The fourth-order valence-electron chi connectivity index (χ4n) is 6.03. The quantitative estimate of drug-likeness (QED) is 0.145. The number of hydrogen-bond donors (Lipinski definition) is 2. The van der Waals surface area contributed by atoms with Gasteiger partial charge in [0.2, 0.25) is 0 Å². The molecule has 4 aromatic rings. The Morgan fingerprint density at radius 2 is 0.955 bits per heavy atom. The molecular weight excluding hydrogens is 642 g/mol. The molecule has 6 rings (SSSR count). The molecular formula is C32H46Cl4N6O2. The van der Waals surface area contributed by atoms with Gasteiger partial charge in [0, 0.05) is 83.6 Å². The number of anilines is 2. The van der Waals surface area contributed by atoms with Gasteiger partial charge in [-0.3, -0.25) is 19.8 Å². The van der Waals surface area contributed by atoms with Crippen LogP contribution >= 0.6 is 49.6 Å². The molecule has 2 N–H and O–H groups in total. The van der Waals surface area contributed by atoms with E-state index < -0.39 is 0 Å². The van der Waals surface area contributed by atoms with Gasteiger partial charge >= 0.3 is 0 Å². The highest BCUT2D eigenvalue weighted by molar-refractivity contribution is 6.18. The van der Waals surface area contributed by atoms with Gasteiger partial charge in [-0.05, 0) is 51.9 Å². The van der Waals surface area contributed by atoms with Crippen molar-refractivity contribution >= 4 is 93.6 Å². The van der Waals surface area contributed by atoms with E-state index in [4.69, 9.17) is 19.4 Å². The second kappa shape index (κ2) is 18.3. The van der Waals surface area contributed by atoms with E-state index in [0.29, 0.717) is 0 Å². The standard InChI is InChI=1S/C32H42N6O2.4ClH/c1-23-21-29(33-9-3-11-37-13-17-39-18-14-37)27-7-6-26-25(31(27)35-23)5-8-28-30(22-24(2)36-32(26)28)34-10-4-12-38-15-19-40-20-16-38;;;;/h5-8,21-22H,3-4,9-20H2,1-2H3,(H,33,35)(H,34,36);4*1H. The first-order valence-electron chi connectivity index (χ1n) is 14.9. The predicted molar refractivity (Wildman–Crippen MR) is 194 cm³/mol. The van der Waals surface area contributed by atoms with Crippen molar-refractivity contribution in [1.29, 1.82) is 0 Å². The van der Waals surface area contributed by atoms with Gasteiger partial charge in [0.1, 0.15) is 0 Å². The highest BCUT2D eigenvalue weighted by Gasteiger charge is 2.14. The number of aromatic nitrogens is 2. The highest BCUT2D eigenvalue weighted by Crippen LogP contribution is 2.35. The third-order valence-corrected chi connectivity index (χ3v) is 8.15. The number of benzene rings is 2. The van der Waals surface area contributed by atoms with E-state index in [9.17, 15) is 0 Å². The van der Waals surface area contributed by atoms with Crippen molar-refractivity contribution in [3.8, 4) is 0 Å². The lowest BCUT2D eigenvalue weighted by Gasteiger charge is -2.26. The van der Waals surface area contributed by atoms with E-state index in [1.165, 1.54) is 0 Å². The molecule has 8 nitrogen and oxygen atoms in total. The summed E-state index contributed by atoms with van der Waals surface area (Å²) in [5.41, 5.74) is 6.45. The van der Waals surface area contributed by atoms with Crippen molar-refractivity contribution in [2.24, 2.45) is 0 Å². The molecule has 44 heavy (non-hydrogen) atoms. The number of nitrogens with one attached hydrogen (secondary N) is 2. The van der Waals surface area contributed by atoms with Crippen molar-refractivity contribution in [3.05, 3.63) is 47.8 Å². The first-order valence-corrected chi connectivity index (χ1v) is 14.9. The van der Waals surface area contributed by atoms with E-state index in [1.54, 1.807) is 0 Å². The number of pyridine rings is 2. The molecule has 244 valence electrons. The average molecular weight is 689 g/mol. The maximum Gasteiger partial charge on any atom is 0.0805 e. The number of halogens is 4. The first kappa shape index (κ1) is 38.3. The Bertz CT molecular complexity index is 1370. The van der Waals surface area contributed by atoms with Crippen molar-refractivity contribution in [3.63, 3.8) is 0 Å². The maximum absolute atomic E-state index is 5.48. The van der Waals surface area contributed by atoms with Crippen LogP contribution in [0.15, 0.2) is 36.4 Å². The van der Waals surface area contributed by atoms with E-state index in [2.05, 4.69) is 70.7 Å². The zero-order valence-electron chi connectivity index (χ0n) is 25.6. The van der Waals surface area contributed by atoms with Gasteiger partial charge in [0.15, 0.2) is 0 Å². The second-order valence-corrected chi connectivity index (χ2v) is 11.1. The lowest BCUT2D eigenvalue weighted by molar-refractivity contribution is 0.0378. The predicted octanol–water partition coefficient (Wildman–Crippen LogP) is 6.51. The van der Waals surface area contributed by atoms with Crippen molar-refractivity contribution in [2.45, 2.75) is 26.7 Å². The molecule has 2 aliphatic rings. The summed E-state index contributed by atoms with van der Waals surface area (Å²) in [7, 11) is 0. The normalized spacial score (nSPS) is 15.6. The minimum absolute atomic E-state index is 0. The Morgan fingerprint density at radius 1 is 0.591 bits per heavy atom. The maximum atomic E-state index is 5.48. The van der Waals surface area contributed by atoms with Gasteiger partial charge in [-0.15, -0.1) is 49.6 Å². The topological polar surface area (TPSA) is 74.8 Å². The van der Waals surface area contributed by atoms with Gasteiger partial charge < -0.3 is 20.1 Å². The number of aryl methyl sites for hydroxylation is 2. The molecule has 0 bridgehead atoms. The zero-order chi connectivity index (χ0) is 27.3. The molecule has 2 aromatic heterocycles. The van der Waals surface area contributed by atoms with E-state index >= 15 is 0 Å². The fourth-order valence-corrected chi connectivity index (χ4v) is 6.03. The molecule has 2 aliphatic heterocycles. The van der Waals surface area contributed by atoms with Gasteiger partial charge in [0.25, 0.3) is 0 Å². The van der Waals surface area contributed by atoms with Crippen molar-refractivity contribution in [1.82, 2.24) is 19.8 Å². The molecule has 2 saturated heterocycles. The molecule has 12 heteroatoms. The SMILES string of the molecule is Cc1cc(NCCCN2CCOCC2)c2ccc3c(ccc4c(NCCCN5CCOCC5)cc(C)nc43)c2n1.Cl.Cl.Cl.Cl. The summed E-state index contributed by atoms with van der Waals surface area (Å²) in [6.45, 7) is 15.8. The largest absolute Gasteiger partial charge is 0.384 e.